The zero-order valence-electron chi connectivity index (χ0n) is 8.32. The van der Waals surface area contributed by atoms with Crippen molar-refractivity contribution in [3.63, 3.8) is 0 Å². The summed E-state index contributed by atoms with van der Waals surface area (Å²) in [7, 11) is 1.23. The summed E-state index contributed by atoms with van der Waals surface area (Å²) in [6.45, 7) is 1.40. The van der Waals surface area contributed by atoms with Crippen molar-refractivity contribution < 1.29 is 17.6 Å². The van der Waals surface area contributed by atoms with Crippen molar-refractivity contribution in [1.82, 2.24) is 5.32 Å². The lowest BCUT2D eigenvalue weighted by molar-refractivity contribution is 0.0985. The SMILES string of the molecule is CNC(c1c(F)ccc(C)c1F)C(F)F. The summed E-state index contributed by atoms with van der Waals surface area (Å²) in [5, 5.41) is 2.20. The van der Waals surface area contributed by atoms with E-state index in [1.54, 1.807) is 0 Å². The summed E-state index contributed by atoms with van der Waals surface area (Å²) in [6, 6.07) is 0.581. The van der Waals surface area contributed by atoms with Crippen LogP contribution in [0, 0.1) is 18.6 Å². The molecule has 1 aromatic rings. The predicted molar refractivity (Wildman–Crippen MR) is 48.9 cm³/mol. The molecule has 0 bridgehead atoms. The minimum absolute atomic E-state index is 0.146. The van der Waals surface area contributed by atoms with Crippen LogP contribution in [-0.2, 0) is 0 Å². The van der Waals surface area contributed by atoms with E-state index in [4.69, 9.17) is 0 Å². The fourth-order valence-corrected chi connectivity index (χ4v) is 1.36. The topological polar surface area (TPSA) is 12.0 Å². The van der Waals surface area contributed by atoms with Crippen molar-refractivity contribution in [3.05, 3.63) is 34.9 Å². The van der Waals surface area contributed by atoms with Gasteiger partial charge in [0.25, 0.3) is 6.43 Å². The van der Waals surface area contributed by atoms with E-state index in [0.717, 1.165) is 6.07 Å². The van der Waals surface area contributed by atoms with Gasteiger partial charge in [-0.15, -0.1) is 0 Å². The first-order valence-corrected chi connectivity index (χ1v) is 4.39. The summed E-state index contributed by atoms with van der Waals surface area (Å²) in [6.07, 6.45) is -2.86. The van der Waals surface area contributed by atoms with Crippen LogP contribution < -0.4 is 5.32 Å². The monoisotopic (exact) mass is 221 g/mol. The molecule has 0 heterocycles. The number of alkyl halides is 2. The maximum atomic E-state index is 13.4. The smallest absolute Gasteiger partial charge is 0.258 e. The first-order valence-electron chi connectivity index (χ1n) is 4.39. The van der Waals surface area contributed by atoms with Gasteiger partial charge in [-0.05, 0) is 25.6 Å². The Hall–Kier alpha value is -1.10. The van der Waals surface area contributed by atoms with Gasteiger partial charge in [-0.1, -0.05) is 6.07 Å². The van der Waals surface area contributed by atoms with E-state index in [0.29, 0.717) is 0 Å². The Morgan fingerprint density at radius 1 is 1.20 bits per heavy atom. The van der Waals surface area contributed by atoms with Crippen molar-refractivity contribution in [2.24, 2.45) is 0 Å². The van der Waals surface area contributed by atoms with Gasteiger partial charge in [0.05, 0.1) is 6.04 Å². The van der Waals surface area contributed by atoms with Crippen molar-refractivity contribution >= 4 is 0 Å². The lowest BCUT2D eigenvalue weighted by Gasteiger charge is -2.17. The highest BCUT2D eigenvalue weighted by Gasteiger charge is 2.27. The highest BCUT2D eigenvalue weighted by atomic mass is 19.3. The molecule has 0 radical (unpaired) electrons. The van der Waals surface area contributed by atoms with Crippen LogP contribution in [0.4, 0.5) is 17.6 Å². The van der Waals surface area contributed by atoms with Crippen molar-refractivity contribution in [3.8, 4) is 0 Å². The van der Waals surface area contributed by atoms with Crippen LogP contribution in [0.5, 0.6) is 0 Å². The Bertz CT molecular complexity index is 352. The molecule has 15 heavy (non-hydrogen) atoms. The van der Waals surface area contributed by atoms with Crippen LogP contribution in [0.25, 0.3) is 0 Å². The van der Waals surface area contributed by atoms with E-state index in [-0.39, 0.29) is 5.56 Å². The van der Waals surface area contributed by atoms with Gasteiger partial charge in [-0.3, -0.25) is 0 Å². The van der Waals surface area contributed by atoms with Gasteiger partial charge in [-0.25, -0.2) is 17.6 Å². The summed E-state index contributed by atoms with van der Waals surface area (Å²) in [5.41, 5.74) is -0.459. The molecule has 0 spiro atoms. The summed E-state index contributed by atoms with van der Waals surface area (Å²) in [4.78, 5) is 0. The molecule has 1 nitrogen and oxygen atoms in total. The molecule has 0 fully saturated rings. The standard InChI is InChI=1S/C10H11F4N/c1-5-3-4-6(11)7(8(5)12)9(15-2)10(13)14/h3-4,9-10,15H,1-2H3. The first-order chi connectivity index (χ1) is 6.99. The molecule has 1 atom stereocenters. The molecule has 84 valence electrons. The van der Waals surface area contributed by atoms with Crippen LogP contribution in [0.3, 0.4) is 0 Å². The highest BCUT2D eigenvalue weighted by Crippen LogP contribution is 2.27. The number of nitrogens with one attached hydrogen (secondary N) is 1. The third-order valence-electron chi connectivity index (χ3n) is 2.19. The maximum Gasteiger partial charge on any atom is 0.258 e. The molecule has 0 aliphatic rings. The van der Waals surface area contributed by atoms with Crippen molar-refractivity contribution in [1.29, 1.82) is 0 Å². The Labute approximate surface area is 85.1 Å². The van der Waals surface area contributed by atoms with Gasteiger partial charge in [0.15, 0.2) is 0 Å². The first kappa shape index (κ1) is 12.0. The summed E-state index contributed by atoms with van der Waals surface area (Å²) < 4.78 is 51.6. The van der Waals surface area contributed by atoms with E-state index in [1.807, 2.05) is 0 Å². The molecule has 1 unspecified atom stereocenters. The maximum absolute atomic E-state index is 13.4. The lowest BCUT2D eigenvalue weighted by atomic mass is 10.0. The third-order valence-corrected chi connectivity index (χ3v) is 2.19. The molecular weight excluding hydrogens is 210 g/mol. The van der Waals surface area contributed by atoms with E-state index in [2.05, 4.69) is 5.32 Å². The zero-order chi connectivity index (χ0) is 11.6. The fraction of sp³-hybridized carbons (Fsp3) is 0.400. The van der Waals surface area contributed by atoms with Gasteiger partial charge in [-0.2, -0.15) is 0 Å². The summed E-state index contributed by atoms with van der Waals surface area (Å²) in [5.74, 6) is -1.88. The molecule has 0 saturated heterocycles. The number of hydrogen-bond donors (Lipinski definition) is 1. The number of rotatable bonds is 3. The van der Waals surface area contributed by atoms with Crippen molar-refractivity contribution in [2.45, 2.75) is 19.4 Å². The lowest BCUT2D eigenvalue weighted by Crippen LogP contribution is -2.26. The summed E-state index contributed by atoms with van der Waals surface area (Å²) >= 11 is 0. The highest BCUT2D eigenvalue weighted by molar-refractivity contribution is 5.29. The number of halogens is 4. The molecule has 1 aromatic carbocycles. The molecule has 0 saturated carbocycles. The van der Waals surface area contributed by atoms with E-state index >= 15 is 0 Å². The molecule has 0 amide bonds. The fourth-order valence-electron chi connectivity index (χ4n) is 1.36. The molecule has 0 aliphatic carbocycles. The molecule has 1 rings (SSSR count). The van der Waals surface area contributed by atoms with E-state index in [1.165, 1.54) is 20.0 Å². The van der Waals surface area contributed by atoms with Gasteiger partial charge in [0.1, 0.15) is 11.6 Å². The second-order valence-electron chi connectivity index (χ2n) is 3.19. The van der Waals surface area contributed by atoms with Gasteiger partial charge in [0, 0.05) is 5.56 Å². The van der Waals surface area contributed by atoms with Crippen LogP contribution in [-0.4, -0.2) is 13.5 Å². The van der Waals surface area contributed by atoms with E-state index in [9.17, 15) is 17.6 Å². The normalized spacial score (nSPS) is 13.3. The average Bonchev–Trinajstić information content (AvgIpc) is 2.18. The van der Waals surface area contributed by atoms with Crippen LogP contribution in [0.2, 0.25) is 0 Å². The van der Waals surface area contributed by atoms with Crippen LogP contribution >= 0.6 is 0 Å². The minimum Gasteiger partial charge on any atom is -0.308 e. The quantitative estimate of drug-likeness (QED) is 0.774. The number of benzene rings is 1. The number of hydrogen-bond acceptors (Lipinski definition) is 1. The molecule has 1 N–H and O–H groups in total. The molecule has 0 aromatic heterocycles. The molecular formula is C10H11F4N. The second-order valence-corrected chi connectivity index (χ2v) is 3.19. The minimum atomic E-state index is -2.86. The third kappa shape index (κ3) is 2.28. The van der Waals surface area contributed by atoms with Crippen molar-refractivity contribution in [2.75, 3.05) is 7.05 Å². The van der Waals surface area contributed by atoms with Crippen LogP contribution in [0.1, 0.15) is 17.2 Å². The Morgan fingerprint density at radius 2 is 1.80 bits per heavy atom. The average molecular weight is 221 g/mol. The molecule has 0 aliphatic heterocycles. The number of aryl methyl sites for hydroxylation is 1. The molecule has 5 heteroatoms. The van der Waals surface area contributed by atoms with Crippen LogP contribution in [0.15, 0.2) is 12.1 Å². The Morgan fingerprint density at radius 3 is 2.27 bits per heavy atom. The largest absolute Gasteiger partial charge is 0.308 e. The predicted octanol–water partition coefficient (Wildman–Crippen LogP) is 2.80. The van der Waals surface area contributed by atoms with E-state index < -0.39 is 29.7 Å². The van der Waals surface area contributed by atoms with Gasteiger partial charge >= 0.3 is 0 Å². The zero-order valence-corrected chi connectivity index (χ0v) is 8.32. The second kappa shape index (κ2) is 4.61. The Balaban J connectivity index is 3.27. The Kier molecular flexibility index (Phi) is 3.68. The van der Waals surface area contributed by atoms with Gasteiger partial charge in [0.2, 0.25) is 0 Å². The van der Waals surface area contributed by atoms with Gasteiger partial charge < -0.3 is 5.32 Å².